The smallest absolute Gasteiger partial charge is 0.341 e. The highest BCUT2D eigenvalue weighted by Crippen LogP contribution is 2.28. The van der Waals surface area contributed by atoms with Crippen LogP contribution in [0.15, 0.2) is 28.7 Å². The topological polar surface area (TPSA) is 67.1 Å². The third kappa shape index (κ3) is 3.52. The zero-order chi connectivity index (χ0) is 16.1. The molecule has 0 aliphatic heterocycles. The first kappa shape index (κ1) is 15.8. The highest BCUT2D eigenvalue weighted by Gasteiger charge is 2.15. The Morgan fingerprint density at radius 3 is 2.14 bits per heavy atom. The molecule has 0 bridgehead atoms. The Balaban J connectivity index is 2.11. The minimum absolute atomic E-state index is 0.175. The van der Waals surface area contributed by atoms with Crippen LogP contribution in [0.3, 0.4) is 0 Å². The SMILES string of the molecule is COC(=O)c1cc(COc2cc(OC)cc(OC)c2)oc1C. The fourth-order valence-corrected chi connectivity index (χ4v) is 1.95. The van der Waals surface area contributed by atoms with E-state index in [1.807, 2.05) is 0 Å². The molecule has 1 aromatic carbocycles. The Labute approximate surface area is 128 Å². The van der Waals surface area contributed by atoms with Gasteiger partial charge in [0.25, 0.3) is 0 Å². The molecule has 0 radical (unpaired) electrons. The number of carbonyl (C=O) groups excluding carboxylic acids is 1. The molecule has 1 heterocycles. The highest BCUT2D eigenvalue weighted by atomic mass is 16.5. The summed E-state index contributed by atoms with van der Waals surface area (Å²) in [5, 5.41) is 0. The second kappa shape index (κ2) is 6.89. The lowest BCUT2D eigenvalue weighted by Crippen LogP contribution is -2.00. The van der Waals surface area contributed by atoms with Crippen molar-refractivity contribution in [3.05, 3.63) is 41.3 Å². The molecule has 0 aliphatic carbocycles. The van der Waals surface area contributed by atoms with E-state index in [-0.39, 0.29) is 6.61 Å². The Morgan fingerprint density at radius 2 is 1.59 bits per heavy atom. The number of aryl methyl sites for hydroxylation is 1. The zero-order valence-electron chi connectivity index (χ0n) is 13.0. The van der Waals surface area contributed by atoms with Crippen LogP contribution in [-0.2, 0) is 11.3 Å². The summed E-state index contributed by atoms with van der Waals surface area (Å²) in [6.45, 7) is 1.87. The van der Waals surface area contributed by atoms with Crippen LogP contribution >= 0.6 is 0 Å². The van der Waals surface area contributed by atoms with E-state index in [4.69, 9.17) is 18.6 Å². The van der Waals surface area contributed by atoms with Gasteiger partial charge in [-0.1, -0.05) is 0 Å². The van der Waals surface area contributed by atoms with Crippen molar-refractivity contribution in [2.75, 3.05) is 21.3 Å². The maximum atomic E-state index is 11.5. The van der Waals surface area contributed by atoms with Gasteiger partial charge in [0.1, 0.15) is 40.9 Å². The van der Waals surface area contributed by atoms with Gasteiger partial charge in [-0.05, 0) is 13.0 Å². The number of hydrogen-bond acceptors (Lipinski definition) is 6. The van der Waals surface area contributed by atoms with Gasteiger partial charge >= 0.3 is 5.97 Å². The molecule has 0 spiro atoms. The van der Waals surface area contributed by atoms with Crippen molar-refractivity contribution in [3.63, 3.8) is 0 Å². The van der Waals surface area contributed by atoms with Crippen LogP contribution in [0.5, 0.6) is 17.2 Å². The van der Waals surface area contributed by atoms with Crippen LogP contribution in [0.1, 0.15) is 21.9 Å². The van der Waals surface area contributed by atoms with E-state index in [0.717, 1.165) is 0 Å². The predicted octanol–water partition coefficient (Wildman–Crippen LogP) is 2.97. The van der Waals surface area contributed by atoms with Crippen LogP contribution in [-0.4, -0.2) is 27.3 Å². The van der Waals surface area contributed by atoms with E-state index in [1.54, 1.807) is 45.4 Å². The van der Waals surface area contributed by atoms with Gasteiger partial charge in [-0.25, -0.2) is 4.79 Å². The van der Waals surface area contributed by atoms with Crippen LogP contribution < -0.4 is 14.2 Å². The molecular weight excluding hydrogens is 288 g/mol. The fourth-order valence-electron chi connectivity index (χ4n) is 1.95. The summed E-state index contributed by atoms with van der Waals surface area (Å²) in [6.07, 6.45) is 0. The van der Waals surface area contributed by atoms with Gasteiger partial charge in [-0.15, -0.1) is 0 Å². The first-order valence-electron chi connectivity index (χ1n) is 6.61. The average Bonchev–Trinajstić information content (AvgIpc) is 2.92. The molecule has 0 saturated carbocycles. The van der Waals surface area contributed by atoms with E-state index in [0.29, 0.717) is 34.3 Å². The minimum atomic E-state index is -0.435. The lowest BCUT2D eigenvalue weighted by atomic mass is 10.2. The van der Waals surface area contributed by atoms with Gasteiger partial charge in [0.05, 0.1) is 21.3 Å². The van der Waals surface area contributed by atoms with Gasteiger partial charge < -0.3 is 23.4 Å². The van der Waals surface area contributed by atoms with Gasteiger partial charge in [0.2, 0.25) is 0 Å². The van der Waals surface area contributed by atoms with Gasteiger partial charge in [-0.2, -0.15) is 0 Å². The van der Waals surface area contributed by atoms with Gasteiger partial charge in [-0.3, -0.25) is 0 Å². The predicted molar refractivity (Wildman–Crippen MR) is 78.7 cm³/mol. The van der Waals surface area contributed by atoms with Crippen LogP contribution in [0.25, 0.3) is 0 Å². The molecule has 0 N–H and O–H groups in total. The summed E-state index contributed by atoms with van der Waals surface area (Å²) in [5.41, 5.74) is 0.393. The van der Waals surface area contributed by atoms with Crippen molar-refractivity contribution in [2.24, 2.45) is 0 Å². The standard InChI is InChI=1S/C16H18O6/c1-10-15(16(17)20-4)8-14(22-10)9-21-13-6-11(18-2)5-12(7-13)19-3/h5-8H,9H2,1-4H3. The Kier molecular flexibility index (Phi) is 4.93. The first-order valence-corrected chi connectivity index (χ1v) is 6.61. The second-order valence-corrected chi connectivity index (χ2v) is 4.51. The highest BCUT2D eigenvalue weighted by molar-refractivity contribution is 5.90. The molecular formula is C16H18O6. The van der Waals surface area contributed by atoms with E-state index >= 15 is 0 Å². The number of benzene rings is 1. The number of rotatable bonds is 6. The number of ether oxygens (including phenoxy) is 4. The average molecular weight is 306 g/mol. The number of furan rings is 1. The maximum Gasteiger partial charge on any atom is 0.341 e. The Hall–Kier alpha value is -2.63. The summed E-state index contributed by atoms with van der Waals surface area (Å²) in [7, 11) is 4.46. The normalized spacial score (nSPS) is 10.2. The van der Waals surface area contributed by atoms with Crippen molar-refractivity contribution >= 4 is 5.97 Å². The molecule has 0 amide bonds. The molecule has 22 heavy (non-hydrogen) atoms. The van der Waals surface area contributed by atoms with Crippen molar-refractivity contribution in [1.29, 1.82) is 0 Å². The van der Waals surface area contributed by atoms with E-state index in [1.165, 1.54) is 7.11 Å². The number of carbonyl (C=O) groups is 1. The van der Waals surface area contributed by atoms with Crippen molar-refractivity contribution < 1.29 is 28.2 Å². The Morgan fingerprint density at radius 1 is 1.00 bits per heavy atom. The summed E-state index contributed by atoms with van der Waals surface area (Å²) in [6, 6.07) is 6.83. The monoisotopic (exact) mass is 306 g/mol. The molecule has 6 nitrogen and oxygen atoms in total. The van der Waals surface area contributed by atoms with Gasteiger partial charge in [0.15, 0.2) is 0 Å². The van der Waals surface area contributed by atoms with Crippen molar-refractivity contribution in [1.82, 2.24) is 0 Å². The molecule has 2 aromatic rings. The van der Waals surface area contributed by atoms with E-state index < -0.39 is 5.97 Å². The number of hydrogen-bond donors (Lipinski definition) is 0. The molecule has 0 atom stereocenters. The molecule has 1 aromatic heterocycles. The molecule has 6 heteroatoms. The quantitative estimate of drug-likeness (QED) is 0.764. The largest absolute Gasteiger partial charge is 0.496 e. The van der Waals surface area contributed by atoms with Crippen LogP contribution in [0.2, 0.25) is 0 Å². The van der Waals surface area contributed by atoms with Gasteiger partial charge in [0, 0.05) is 18.2 Å². The summed E-state index contributed by atoms with van der Waals surface area (Å²) in [4.78, 5) is 11.5. The molecule has 0 unspecified atom stereocenters. The second-order valence-electron chi connectivity index (χ2n) is 4.51. The molecule has 0 fully saturated rings. The summed E-state index contributed by atoms with van der Waals surface area (Å²) < 4.78 is 26.2. The lowest BCUT2D eigenvalue weighted by molar-refractivity contribution is 0.0599. The lowest BCUT2D eigenvalue weighted by Gasteiger charge is -2.09. The molecule has 0 aliphatic rings. The van der Waals surface area contributed by atoms with Crippen molar-refractivity contribution in [2.45, 2.75) is 13.5 Å². The number of methoxy groups -OCH3 is 3. The summed E-state index contributed by atoms with van der Waals surface area (Å²) in [5.74, 6) is 2.41. The minimum Gasteiger partial charge on any atom is -0.496 e. The number of esters is 1. The van der Waals surface area contributed by atoms with Crippen LogP contribution in [0.4, 0.5) is 0 Å². The third-order valence-electron chi connectivity index (χ3n) is 3.08. The third-order valence-corrected chi connectivity index (χ3v) is 3.08. The van der Waals surface area contributed by atoms with Crippen LogP contribution in [0, 0.1) is 6.92 Å². The zero-order valence-corrected chi connectivity index (χ0v) is 13.0. The molecule has 0 saturated heterocycles. The summed E-state index contributed by atoms with van der Waals surface area (Å²) >= 11 is 0. The van der Waals surface area contributed by atoms with E-state index in [2.05, 4.69) is 4.74 Å². The molecule has 2 rings (SSSR count). The van der Waals surface area contributed by atoms with Crippen molar-refractivity contribution in [3.8, 4) is 17.2 Å². The molecule has 118 valence electrons. The Bertz CT molecular complexity index is 636. The first-order chi connectivity index (χ1) is 10.6. The fraction of sp³-hybridized carbons (Fsp3) is 0.312. The van der Waals surface area contributed by atoms with E-state index in [9.17, 15) is 4.79 Å². The maximum absolute atomic E-state index is 11.5.